The number of carbonyl (C=O) groups is 5. The van der Waals surface area contributed by atoms with E-state index in [0.717, 1.165) is 4.90 Å². The Bertz CT molecular complexity index is 949. The maximum Gasteiger partial charge on any atom is 0.264 e. The second kappa shape index (κ2) is 7.55. The predicted octanol–water partition coefficient (Wildman–Crippen LogP) is 0.392. The third kappa shape index (κ3) is 3.24. The van der Waals surface area contributed by atoms with Crippen molar-refractivity contribution in [3.63, 3.8) is 0 Å². The molecule has 9 heteroatoms. The molecule has 1 aromatic rings. The molecule has 5 amide bonds. The Kier molecular flexibility index (Phi) is 5.05. The van der Waals surface area contributed by atoms with E-state index in [2.05, 4.69) is 5.32 Å². The number of fused-ring (bicyclic) bond motifs is 1. The first-order valence-corrected chi connectivity index (χ1v) is 10.1. The van der Waals surface area contributed by atoms with Gasteiger partial charge in [-0.05, 0) is 31.4 Å². The summed E-state index contributed by atoms with van der Waals surface area (Å²) in [6.07, 6.45) is 1.55. The van der Waals surface area contributed by atoms with Gasteiger partial charge >= 0.3 is 0 Å². The van der Waals surface area contributed by atoms with Crippen LogP contribution in [0, 0.1) is 5.92 Å². The summed E-state index contributed by atoms with van der Waals surface area (Å²) in [5.74, 6) is -1.99. The van der Waals surface area contributed by atoms with Crippen molar-refractivity contribution < 1.29 is 24.0 Å². The number of piperidine rings is 2. The lowest BCUT2D eigenvalue weighted by Crippen LogP contribution is -2.54. The number of benzene rings is 1. The van der Waals surface area contributed by atoms with Crippen LogP contribution < -0.4 is 10.2 Å². The van der Waals surface area contributed by atoms with E-state index >= 15 is 0 Å². The molecule has 0 aromatic heterocycles. The first-order chi connectivity index (χ1) is 14.3. The largest absolute Gasteiger partial charge is 0.371 e. The summed E-state index contributed by atoms with van der Waals surface area (Å²) < 4.78 is 0. The van der Waals surface area contributed by atoms with E-state index in [1.54, 1.807) is 37.2 Å². The van der Waals surface area contributed by atoms with Crippen LogP contribution in [0.15, 0.2) is 18.2 Å². The van der Waals surface area contributed by atoms with Gasteiger partial charge in [0, 0.05) is 39.5 Å². The predicted molar refractivity (Wildman–Crippen MR) is 107 cm³/mol. The SMILES string of the molecule is CN(C)C(=O)C1CCN(c2cccc3c2C(=O)N(C2CCC(=O)NC2=O)C3=O)CC1. The zero-order chi connectivity index (χ0) is 21.6. The van der Waals surface area contributed by atoms with E-state index in [9.17, 15) is 24.0 Å². The Morgan fingerprint density at radius 1 is 1.03 bits per heavy atom. The van der Waals surface area contributed by atoms with Crippen molar-refractivity contribution in [2.75, 3.05) is 32.1 Å². The third-order valence-electron chi connectivity index (χ3n) is 6.07. The van der Waals surface area contributed by atoms with E-state index in [4.69, 9.17) is 0 Å². The molecule has 1 N–H and O–H groups in total. The quantitative estimate of drug-likeness (QED) is 0.720. The van der Waals surface area contributed by atoms with Gasteiger partial charge in [-0.3, -0.25) is 34.2 Å². The van der Waals surface area contributed by atoms with Crippen LogP contribution in [0.25, 0.3) is 0 Å². The molecule has 158 valence electrons. The number of hydrogen-bond donors (Lipinski definition) is 1. The van der Waals surface area contributed by atoms with E-state index in [1.165, 1.54) is 0 Å². The molecule has 2 fully saturated rings. The zero-order valence-electron chi connectivity index (χ0n) is 17.0. The summed E-state index contributed by atoms with van der Waals surface area (Å²) in [4.78, 5) is 66.7. The van der Waals surface area contributed by atoms with Gasteiger partial charge in [0.2, 0.25) is 17.7 Å². The first kappa shape index (κ1) is 20.1. The summed E-state index contributed by atoms with van der Waals surface area (Å²) >= 11 is 0. The Labute approximate surface area is 174 Å². The van der Waals surface area contributed by atoms with Crippen molar-refractivity contribution in [2.24, 2.45) is 5.92 Å². The lowest BCUT2D eigenvalue weighted by Gasteiger charge is -2.34. The second-order valence-electron chi connectivity index (χ2n) is 8.14. The van der Waals surface area contributed by atoms with Gasteiger partial charge < -0.3 is 9.80 Å². The molecular weight excluding hydrogens is 388 g/mol. The van der Waals surface area contributed by atoms with Crippen molar-refractivity contribution in [1.82, 2.24) is 15.1 Å². The highest BCUT2D eigenvalue weighted by Crippen LogP contribution is 2.35. The number of imide groups is 2. The van der Waals surface area contributed by atoms with Crippen LogP contribution in [0.1, 0.15) is 46.4 Å². The zero-order valence-corrected chi connectivity index (χ0v) is 17.0. The number of nitrogens with zero attached hydrogens (tertiary/aromatic N) is 3. The highest BCUT2D eigenvalue weighted by Gasteiger charge is 2.46. The van der Waals surface area contributed by atoms with Gasteiger partial charge in [0.15, 0.2) is 0 Å². The van der Waals surface area contributed by atoms with Crippen molar-refractivity contribution in [1.29, 1.82) is 0 Å². The lowest BCUT2D eigenvalue weighted by molar-refractivity contribution is -0.136. The molecule has 3 heterocycles. The molecule has 0 radical (unpaired) electrons. The minimum atomic E-state index is -0.980. The number of anilines is 1. The van der Waals surface area contributed by atoms with Crippen LogP contribution in [0.5, 0.6) is 0 Å². The summed E-state index contributed by atoms with van der Waals surface area (Å²) in [5.41, 5.74) is 1.22. The maximum absolute atomic E-state index is 13.2. The summed E-state index contributed by atoms with van der Waals surface area (Å²) in [6, 6.07) is 4.13. The Balaban J connectivity index is 1.58. The molecular formula is C21H24N4O5. The highest BCUT2D eigenvalue weighted by atomic mass is 16.2. The van der Waals surface area contributed by atoms with Gasteiger partial charge in [0.05, 0.1) is 16.8 Å². The molecule has 9 nitrogen and oxygen atoms in total. The van der Waals surface area contributed by atoms with Crippen LogP contribution in [0.2, 0.25) is 0 Å². The minimum absolute atomic E-state index is 0.0506. The van der Waals surface area contributed by atoms with Gasteiger partial charge in [0.25, 0.3) is 11.8 Å². The van der Waals surface area contributed by atoms with Crippen LogP contribution in [-0.4, -0.2) is 72.6 Å². The van der Waals surface area contributed by atoms with Crippen LogP contribution >= 0.6 is 0 Å². The molecule has 0 spiro atoms. The van der Waals surface area contributed by atoms with Crippen LogP contribution in [0.4, 0.5) is 5.69 Å². The van der Waals surface area contributed by atoms with Crippen LogP contribution in [0.3, 0.4) is 0 Å². The minimum Gasteiger partial charge on any atom is -0.371 e. The summed E-state index contributed by atoms with van der Waals surface area (Å²) in [5, 5.41) is 2.21. The number of hydrogen-bond acceptors (Lipinski definition) is 6. The summed E-state index contributed by atoms with van der Waals surface area (Å²) in [6.45, 7) is 1.20. The van der Waals surface area contributed by atoms with Crippen LogP contribution in [-0.2, 0) is 14.4 Å². The fourth-order valence-electron chi connectivity index (χ4n) is 4.49. The van der Waals surface area contributed by atoms with Gasteiger partial charge in [-0.1, -0.05) is 6.07 Å². The molecule has 2 saturated heterocycles. The van der Waals surface area contributed by atoms with E-state index in [0.29, 0.717) is 37.2 Å². The molecule has 3 aliphatic heterocycles. The molecule has 0 bridgehead atoms. The van der Waals surface area contributed by atoms with E-state index in [-0.39, 0.29) is 30.2 Å². The van der Waals surface area contributed by atoms with Crippen molar-refractivity contribution in [3.8, 4) is 0 Å². The number of amides is 5. The van der Waals surface area contributed by atoms with Gasteiger partial charge in [-0.25, -0.2) is 0 Å². The molecule has 1 aromatic carbocycles. The average molecular weight is 412 g/mol. The molecule has 1 atom stereocenters. The maximum atomic E-state index is 13.2. The second-order valence-corrected chi connectivity index (χ2v) is 8.14. The van der Waals surface area contributed by atoms with E-state index in [1.807, 2.05) is 4.90 Å². The topological polar surface area (TPSA) is 107 Å². The smallest absolute Gasteiger partial charge is 0.264 e. The van der Waals surface area contributed by atoms with Gasteiger partial charge in [-0.15, -0.1) is 0 Å². The summed E-state index contributed by atoms with van der Waals surface area (Å²) in [7, 11) is 3.49. The number of nitrogens with one attached hydrogen (secondary N) is 1. The lowest BCUT2D eigenvalue weighted by atomic mass is 9.94. The molecule has 30 heavy (non-hydrogen) atoms. The Morgan fingerprint density at radius 3 is 2.37 bits per heavy atom. The Hall–Kier alpha value is -3.23. The fraction of sp³-hybridized carbons (Fsp3) is 0.476. The van der Waals surface area contributed by atoms with Crippen molar-refractivity contribution in [3.05, 3.63) is 29.3 Å². The third-order valence-corrected chi connectivity index (χ3v) is 6.07. The van der Waals surface area contributed by atoms with Crippen molar-refractivity contribution >= 4 is 35.2 Å². The van der Waals surface area contributed by atoms with Crippen molar-refractivity contribution in [2.45, 2.75) is 31.7 Å². The highest BCUT2D eigenvalue weighted by molar-refractivity contribution is 6.25. The fourth-order valence-corrected chi connectivity index (χ4v) is 4.49. The molecule has 3 aliphatic rings. The van der Waals surface area contributed by atoms with Gasteiger partial charge in [-0.2, -0.15) is 0 Å². The average Bonchev–Trinajstić information content (AvgIpc) is 2.98. The Morgan fingerprint density at radius 2 is 1.73 bits per heavy atom. The number of rotatable bonds is 3. The first-order valence-electron chi connectivity index (χ1n) is 10.1. The normalized spacial score (nSPS) is 22.3. The molecule has 0 aliphatic carbocycles. The molecule has 0 saturated carbocycles. The number of carbonyl (C=O) groups excluding carboxylic acids is 5. The van der Waals surface area contributed by atoms with E-state index < -0.39 is 29.7 Å². The monoisotopic (exact) mass is 412 g/mol. The molecule has 4 rings (SSSR count). The standard InChI is InChI=1S/C21H24N4O5/c1-23(2)19(28)12-8-10-24(11-9-12)14-5-3-4-13-17(14)21(30)25(20(13)29)15-6-7-16(26)22-18(15)27/h3-5,12,15H,6-11H2,1-2H3,(H,22,26,27). The molecule has 1 unspecified atom stereocenters. The van der Waals surface area contributed by atoms with Gasteiger partial charge in [0.1, 0.15) is 6.04 Å².